The topological polar surface area (TPSA) is 71.8 Å². The van der Waals surface area contributed by atoms with Gasteiger partial charge in [0.1, 0.15) is 11.5 Å². The first-order valence-corrected chi connectivity index (χ1v) is 11.7. The molecule has 7 heteroatoms. The van der Waals surface area contributed by atoms with E-state index in [0.717, 1.165) is 18.4 Å². The van der Waals surface area contributed by atoms with Crippen LogP contribution in [-0.4, -0.2) is 41.2 Å². The average Bonchev–Trinajstić information content (AvgIpc) is 3.18. The lowest BCUT2D eigenvalue weighted by atomic mass is 10.1. The smallest absolute Gasteiger partial charge is 0.349 e. The average molecular weight is 467 g/mol. The highest BCUT2D eigenvalue weighted by atomic mass is 16.6. The number of aryl methyl sites for hydroxylation is 1. The molecule has 2 aromatic carbocycles. The molecule has 0 unspecified atom stereocenters. The van der Waals surface area contributed by atoms with Gasteiger partial charge in [-0.2, -0.15) is 0 Å². The second-order valence-corrected chi connectivity index (χ2v) is 8.34. The monoisotopic (exact) mass is 466 g/mol. The number of rotatable bonds is 13. The normalized spacial score (nSPS) is 11.2. The van der Waals surface area contributed by atoms with Crippen molar-refractivity contribution >= 4 is 5.97 Å². The number of carbonyl (C=O) groups is 1. The zero-order valence-corrected chi connectivity index (χ0v) is 20.5. The van der Waals surface area contributed by atoms with Crippen LogP contribution >= 0.6 is 0 Å². The maximum atomic E-state index is 12.1. The quantitative estimate of drug-likeness (QED) is 0.259. The molecule has 1 heterocycles. The third kappa shape index (κ3) is 7.27. The molecule has 1 aromatic heterocycles. The van der Waals surface area contributed by atoms with Crippen molar-refractivity contribution < 1.29 is 23.7 Å². The molecule has 0 radical (unpaired) electrons. The molecule has 0 spiro atoms. The van der Waals surface area contributed by atoms with Crippen molar-refractivity contribution in [1.29, 1.82) is 0 Å². The van der Waals surface area contributed by atoms with E-state index in [4.69, 9.17) is 18.9 Å². The van der Waals surface area contributed by atoms with E-state index in [1.54, 1.807) is 32.9 Å². The summed E-state index contributed by atoms with van der Waals surface area (Å²) in [6, 6.07) is 17.5. The summed E-state index contributed by atoms with van der Waals surface area (Å²) in [7, 11) is 0. The molecule has 0 aliphatic heterocycles. The molecule has 182 valence electrons. The van der Waals surface area contributed by atoms with Gasteiger partial charge in [0.15, 0.2) is 5.60 Å². The highest BCUT2D eigenvalue weighted by Gasteiger charge is 2.31. The number of hydrogen-bond acceptors (Lipinski definition) is 6. The predicted octanol–water partition coefficient (Wildman–Crippen LogP) is 5.06. The van der Waals surface area contributed by atoms with Crippen molar-refractivity contribution in [2.45, 2.75) is 52.7 Å². The van der Waals surface area contributed by atoms with Gasteiger partial charge in [-0.15, -0.1) is 5.10 Å². The molecular weight excluding hydrogens is 432 g/mol. The first-order valence-electron chi connectivity index (χ1n) is 11.7. The predicted molar refractivity (Wildman–Crippen MR) is 131 cm³/mol. The van der Waals surface area contributed by atoms with Gasteiger partial charge >= 0.3 is 5.97 Å². The van der Waals surface area contributed by atoms with Gasteiger partial charge in [0, 0.05) is 17.8 Å². The maximum Gasteiger partial charge on any atom is 0.349 e. The van der Waals surface area contributed by atoms with Crippen molar-refractivity contribution in [2.24, 2.45) is 0 Å². The largest absolute Gasteiger partial charge is 0.493 e. The van der Waals surface area contributed by atoms with Crippen LogP contribution < -0.4 is 14.2 Å². The third-order valence-corrected chi connectivity index (χ3v) is 5.07. The number of esters is 1. The van der Waals surface area contributed by atoms with Crippen molar-refractivity contribution in [1.82, 2.24) is 9.78 Å². The van der Waals surface area contributed by atoms with Crippen LogP contribution in [0.5, 0.6) is 17.4 Å². The lowest BCUT2D eigenvalue weighted by Gasteiger charge is -2.24. The van der Waals surface area contributed by atoms with Gasteiger partial charge in [-0.3, -0.25) is 4.68 Å². The van der Waals surface area contributed by atoms with E-state index in [-0.39, 0.29) is 0 Å². The minimum Gasteiger partial charge on any atom is -0.493 e. The molecular formula is C27H34N2O5. The Labute approximate surface area is 201 Å². The Morgan fingerprint density at radius 1 is 0.971 bits per heavy atom. The summed E-state index contributed by atoms with van der Waals surface area (Å²) in [5.41, 5.74) is 1.18. The Morgan fingerprint density at radius 3 is 2.47 bits per heavy atom. The number of benzene rings is 2. The van der Waals surface area contributed by atoms with E-state index in [2.05, 4.69) is 17.2 Å². The van der Waals surface area contributed by atoms with Crippen LogP contribution in [0.4, 0.5) is 0 Å². The van der Waals surface area contributed by atoms with Gasteiger partial charge in [-0.05, 0) is 58.2 Å². The lowest BCUT2D eigenvalue weighted by molar-refractivity contribution is -0.158. The van der Waals surface area contributed by atoms with Gasteiger partial charge in [0.05, 0.1) is 26.4 Å². The van der Waals surface area contributed by atoms with Gasteiger partial charge in [-0.1, -0.05) is 36.4 Å². The number of carbonyl (C=O) groups excluding carboxylic acids is 1. The van der Waals surface area contributed by atoms with E-state index in [1.807, 2.05) is 48.1 Å². The number of aromatic nitrogens is 2. The Hall–Kier alpha value is -3.48. The van der Waals surface area contributed by atoms with Crippen LogP contribution in [0.25, 0.3) is 0 Å². The number of nitrogens with zero attached hydrogens (tertiary/aromatic N) is 2. The molecule has 0 N–H and O–H groups in total. The fourth-order valence-corrected chi connectivity index (χ4v) is 3.45. The molecule has 0 aliphatic carbocycles. The van der Waals surface area contributed by atoms with Gasteiger partial charge in [0.25, 0.3) is 0 Å². The Balaban J connectivity index is 1.54. The van der Waals surface area contributed by atoms with Crippen LogP contribution in [0.1, 0.15) is 45.2 Å². The molecule has 3 rings (SSSR count). The van der Waals surface area contributed by atoms with Crippen LogP contribution in [0.3, 0.4) is 0 Å². The summed E-state index contributed by atoms with van der Waals surface area (Å²) in [5, 5.41) is 4.60. The fraction of sp³-hybridized carbons (Fsp3) is 0.407. The van der Waals surface area contributed by atoms with E-state index in [1.165, 1.54) is 5.56 Å². The number of hydrogen-bond donors (Lipinski definition) is 0. The second-order valence-electron chi connectivity index (χ2n) is 8.34. The summed E-state index contributed by atoms with van der Waals surface area (Å²) < 4.78 is 24.5. The molecule has 0 saturated carbocycles. The van der Waals surface area contributed by atoms with Gasteiger partial charge in [0.2, 0.25) is 5.88 Å². The summed E-state index contributed by atoms with van der Waals surface area (Å²) >= 11 is 0. The van der Waals surface area contributed by atoms with Gasteiger partial charge < -0.3 is 18.9 Å². The fourth-order valence-electron chi connectivity index (χ4n) is 3.45. The van der Waals surface area contributed by atoms with Gasteiger partial charge in [-0.25, -0.2) is 4.79 Å². The highest BCUT2D eigenvalue weighted by Crippen LogP contribution is 2.25. The molecule has 0 amide bonds. The Morgan fingerprint density at radius 2 is 1.74 bits per heavy atom. The first kappa shape index (κ1) is 25.1. The Kier molecular flexibility index (Phi) is 8.96. The van der Waals surface area contributed by atoms with Crippen molar-refractivity contribution in [3.63, 3.8) is 0 Å². The van der Waals surface area contributed by atoms with Crippen LogP contribution in [0.2, 0.25) is 0 Å². The molecule has 0 aliphatic rings. The lowest BCUT2D eigenvalue weighted by Crippen LogP contribution is -2.39. The van der Waals surface area contributed by atoms with E-state index in [9.17, 15) is 4.79 Å². The maximum absolute atomic E-state index is 12.1. The Bertz CT molecular complexity index is 1050. The number of ether oxygens (including phenoxy) is 4. The standard InChI is InChI=1S/C27H34N2O5/c1-5-31-25-22(20-29(28-25)19-21-12-8-7-9-13-21)14-11-17-33-23-15-10-16-24(18-23)34-27(3,4)26(30)32-6-2/h7-10,12-13,15-16,18,20H,5-6,11,14,17,19H2,1-4H3. The molecule has 34 heavy (non-hydrogen) atoms. The van der Waals surface area contributed by atoms with E-state index < -0.39 is 11.6 Å². The molecule has 0 atom stereocenters. The van der Waals surface area contributed by atoms with Crippen LogP contribution in [0.15, 0.2) is 60.8 Å². The van der Waals surface area contributed by atoms with Crippen molar-refractivity contribution in [2.75, 3.05) is 19.8 Å². The second kappa shape index (κ2) is 12.1. The summed E-state index contributed by atoms with van der Waals surface area (Å²) in [4.78, 5) is 12.1. The molecule has 0 fully saturated rings. The summed E-state index contributed by atoms with van der Waals surface area (Å²) in [5.74, 6) is 1.51. The minimum atomic E-state index is -1.08. The zero-order chi connectivity index (χ0) is 24.4. The highest BCUT2D eigenvalue weighted by molar-refractivity contribution is 5.79. The van der Waals surface area contributed by atoms with Crippen molar-refractivity contribution in [3.8, 4) is 17.4 Å². The molecule has 3 aromatic rings. The molecule has 7 nitrogen and oxygen atoms in total. The zero-order valence-electron chi connectivity index (χ0n) is 20.5. The molecule has 0 saturated heterocycles. The first-order chi connectivity index (χ1) is 16.4. The van der Waals surface area contributed by atoms with Crippen LogP contribution in [-0.2, 0) is 22.5 Å². The van der Waals surface area contributed by atoms with E-state index >= 15 is 0 Å². The van der Waals surface area contributed by atoms with E-state index in [0.29, 0.717) is 43.7 Å². The SMILES string of the molecule is CCOC(=O)C(C)(C)Oc1cccc(OCCCc2cn(Cc3ccccc3)nc2OCC)c1. The minimum absolute atomic E-state index is 0.310. The van der Waals surface area contributed by atoms with Crippen molar-refractivity contribution in [3.05, 3.63) is 71.9 Å². The van der Waals surface area contributed by atoms with Crippen LogP contribution in [0, 0.1) is 0 Å². The molecule has 0 bridgehead atoms. The summed E-state index contributed by atoms with van der Waals surface area (Å²) in [6.45, 7) is 9.21. The third-order valence-electron chi connectivity index (χ3n) is 5.07. The summed E-state index contributed by atoms with van der Waals surface area (Å²) in [6.07, 6.45) is 3.64.